The smallest absolute Gasteiger partial charge is 0.229 e. The van der Waals surface area contributed by atoms with Gasteiger partial charge < -0.3 is 44.2 Å². The van der Waals surface area contributed by atoms with Gasteiger partial charge in [-0.3, -0.25) is 4.79 Å². The van der Waals surface area contributed by atoms with Gasteiger partial charge in [0.05, 0.1) is 18.8 Å². The predicted octanol–water partition coefficient (Wildman–Crippen LogP) is 3.08. The quantitative estimate of drug-likeness (QED) is 0.215. The van der Waals surface area contributed by atoms with Gasteiger partial charge in [-0.25, -0.2) is 0 Å². The number of phenols is 1. The second-order valence-corrected chi connectivity index (χ2v) is 9.75. The van der Waals surface area contributed by atoms with Gasteiger partial charge in [0.1, 0.15) is 58.9 Å². The number of aliphatic hydroxyl groups excluding tert-OH is 4. The average Bonchev–Trinajstić information content (AvgIpc) is 2.93. The van der Waals surface area contributed by atoms with Crippen LogP contribution in [0.25, 0.3) is 22.1 Å². The van der Waals surface area contributed by atoms with E-state index in [2.05, 4.69) is 6.92 Å². The normalized spacial score (nSPS) is 23.2. The molecule has 1 aliphatic heterocycles. The highest BCUT2D eigenvalue weighted by Crippen LogP contribution is 2.31. The molecule has 0 unspecified atom stereocenters. The number of hydrogen-bond donors (Lipinski definition) is 5. The summed E-state index contributed by atoms with van der Waals surface area (Å²) in [7, 11) is 0. The van der Waals surface area contributed by atoms with Crippen LogP contribution in [0.5, 0.6) is 17.2 Å². The Kier molecular flexibility index (Phi) is 9.82. The first-order chi connectivity index (χ1) is 18.8. The van der Waals surface area contributed by atoms with E-state index in [-0.39, 0.29) is 28.0 Å². The third-order valence-electron chi connectivity index (χ3n) is 6.86. The van der Waals surface area contributed by atoms with Gasteiger partial charge >= 0.3 is 0 Å². The molecule has 0 bridgehead atoms. The van der Waals surface area contributed by atoms with Crippen LogP contribution in [0.2, 0.25) is 0 Å². The Morgan fingerprint density at radius 2 is 1.62 bits per heavy atom. The van der Waals surface area contributed by atoms with Gasteiger partial charge in [-0.2, -0.15) is 0 Å². The molecule has 212 valence electrons. The van der Waals surface area contributed by atoms with Gasteiger partial charge in [-0.05, 0) is 24.1 Å². The third kappa shape index (κ3) is 6.71. The zero-order chi connectivity index (χ0) is 27.9. The lowest BCUT2D eigenvalue weighted by atomic mass is 9.99. The summed E-state index contributed by atoms with van der Waals surface area (Å²) in [6.45, 7) is 2.12. The molecule has 1 fully saturated rings. The van der Waals surface area contributed by atoms with Crippen molar-refractivity contribution >= 4 is 11.0 Å². The molecule has 3 aromatic rings. The number of ether oxygens (including phenoxy) is 3. The fraction of sp³-hybridized carbons (Fsp3) is 0.483. The van der Waals surface area contributed by atoms with Crippen molar-refractivity contribution in [3.63, 3.8) is 0 Å². The van der Waals surface area contributed by atoms with E-state index in [1.54, 1.807) is 18.2 Å². The summed E-state index contributed by atoms with van der Waals surface area (Å²) >= 11 is 0. The zero-order valence-electron chi connectivity index (χ0n) is 21.9. The Balaban J connectivity index is 1.44. The van der Waals surface area contributed by atoms with E-state index >= 15 is 0 Å². The molecule has 1 saturated heterocycles. The third-order valence-corrected chi connectivity index (χ3v) is 6.86. The highest BCUT2D eigenvalue weighted by atomic mass is 16.7. The van der Waals surface area contributed by atoms with E-state index < -0.39 is 42.7 Å². The molecule has 10 nitrogen and oxygen atoms in total. The van der Waals surface area contributed by atoms with Crippen LogP contribution in [0, 0.1) is 0 Å². The molecule has 10 heteroatoms. The molecule has 1 aromatic heterocycles. The zero-order valence-corrected chi connectivity index (χ0v) is 21.9. The second-order valence-electron chi connectivity index (χ2n) is 9.75. The number of benzene rings is 2. The first-order valence-electron chi connectivity index (χ1n) is 13.3. The van der Waals surface area contributed by atoms with Crippen LogP contribution in [-0.2, 0) is 4.74 Å². The number of phenolic OH excluding ortho intramolecular Hbond substituents is 1. The SMILES string of the molecule is CCCCCCCCOc1cc(O)c2c(=O)c(-c3ccc(O[C@H]4O[C@@H](CO)[C@@H](O)[C@@H](O)[C@H]4O)cc3)coc2c1. The van der Waals surface area contributed by atoms with Crippen molar-refractivity contribution in [2.75, 3.05) is 13.2 Å². The van der Waals surface area contributed by atoms with Gasteiger partial charge in [0.25, 0.3) is 0 Å². The Hall–Kier alpha value is -3.15. The van der Waals surface area contributed by atoms with Gasteiger partial charge in [0.15, 0.2) is 0 Å². The highest BCUT2D eigenvalue weighted by molar-refractivity contribution is 5.88. The maximum absolute atomic E-state index is 13.2. The van der Waals surface area contributed by atoms with Gasteiger partial charge in [-0.15, -0.1) is 0 Å². The Labute approximate surface area is 226 Å². The second kappa shape index (κ2) is 13.3. The predicted molar refractivity (Wildman–Crippen MR) is 143 cm³/mol. The summed E-state index contributed by atoms with van der Waals surface area (Å²) in [6.07, 6.45) is 1.10. The topological polar surface area (TPSA) is 159 Å². The van der Waals surface area contributed by atoms with Crippen molar-refractivity contribution in [1.29, 1.82) is 0 Å². The number of aromatic hydroxyl groups is 1. The monoisotopic (exact) mass is 544 g/mol. The summed E-state index contributed by atoms with van der Waals surface area (Å²) in [5, 5.41) is 50.0. The maximum Gasteiger partial charge on any atom is 0.229 e. The van der Waals surface area contributed by atoms with Crippen LogP contribution >= 0.6 is 0 Å². The van der Waals surface area contributed by atoms with Crippen LogP contribution in [0.15, 0.2) is 51.9 Å². The highest BCUT2D eigenvalue weighted by Gasteiger charge is 2.44. The lowest BCUT2D eigenvalue weighted by Gasteiger charge is -2.39. The van der Waals surface area contributed by atoms with Gasteiger partial charge in [0, 0.05) is 12.1 Å². The van der Waals surface area contributed by atoms with E-state index in [9.17, 15) is 30.3 Å². The number of fused-ring (bicyclic) bond motifs is 1. The standard InChI is InChI=1S/C29H36O10/c1-2-3-4-5-6-7-12-36-19-13-21(31)24-22(14-19)37-16-20(25(24)32)17-8-10-18(11-9-17)38-29-28(35)27(34)26(33)23(15-30)39-29/h8-11,13-14,16,23,26-31,33-35H,2-7,12,15H2,1H3/t23-,26+,27+,28+,29-/m0/s1. The minimum atomic E-state index is -1.56. The number of unbranched alkanes of at least 4 members (excludes halogenated alkanes) is 5. The van der Waals surface area contributed by atoms with Crippen molar-refractivity contribution in [2.24, 2.45) is 0 Å². The average molecular weight is 545 g/mol. The molecule has 4 rings (SSSR count). The van der Waals surface area contributed by atoms with E-state index in [1.807, 2.05) is 0 Å². The first kappa shape index (κ1) is 28.8. The van der Waals surface area contributed by atoms with Crippen molar-refractivity contribution in [3.8, 4) is 28.4 Å². The molecule has 0 saturated carbocycles. The number of hydrogen-bond acceptors (Lipinski definition) is 10. The van der Waals surface area contributed by atoms with E-state index in [0.29, 0.717) is 17.9 Å². The molecule has 2 heterocycles. The molecular formula is C29H36O10. The summed E-state index contributed by atoms with van der Waals surface area (Å²) in [6, 6.07) is 9.24. The molecule has 39 heavy (non-hydrogen) atoms. The molecular weight excluding hydrogens is 508 g/mol. The minimum absolute atomic E-state index is 0.0426. The van der Waals surface area contributed by atoms with Crippen LogP contribution in [0.4, 0.5) is 0 Å². The lowest BCUT2D eigenvalue weighted by molar-refractivity contribution is -0.277. The largest absolute Gasteiger partial charge is 0.507 e. The van der Waals surface area contributed by atoms with Crippen LogP contribution in [-0.4, -0.2) is 69.5 Å². The molecule has 2 aromatic carbocycles. The van der Waals surface area contributed by atoms with E-state index in [1.165, 1.54) is 50.1 Å². The van der Waals surface area contributed by atoms with Gasteiger partial charge in [0.2, 0.25) is 11.7 Å². The molecule has 0 amide bonds. The fourth-order valence-corrected chi connectivity index (χ4v) is 4.57. The first-order valence-corrected chi connectivity index (χ1v) is 13.3. The molecule has 5 N–H and O–H groups in total. The molecule has 5 atom stereocenters. The summed E-state index contributed by atoms with van der Waals surface area (Å²) in [5.74, 6) is 0.450. The maximum atomic E-state index is 13.2. The van der Waals surface area contributed by atoms with E-state index in [4.69, 9.17) is 18.6 Å². The van der Waals surface area contributed by atoms with E-state index in [0.717, 1.165) is 12.8 Å². The Morgan fingerprint density at radius 3 is 2.33 bits per heavy atom. The molecule has 1 aliphatic rings. The van der Waals surface area contributed by atoms with Crippen LogP contribution in [0.3, 0.4) is 0 Å². The van der Waals surface area contributed by atoms with Crippen molar-refractivity contribution in [3.05, 3.63) is 52.9 Å². The molecule has 0 spiro atoms. The van der Waals surface area contributed by atoms with Crippen molar-refractivity contribution in [2.45, 2.75) is 76.2 Å². The Morgan fingerprint density at radius 1 is 0.897 bits per heavy atom. The van der Waals surface area contributed by atoms with Gasteiger partial charge in [-0.1, -0.05) is 51.2 Å². The van der Waals surface area contributed by atoms with Crippen LogP contribution < -0.4 is 14.9 Å². The van der Waals surface area contributed by atoms with Crippen molar-refractivity contribution < 1.29 is 44.2 Å². The minimum Gasteiger partial charge on any atom is -0.507 e. The molecule has 0 aliphatic carbocycles. The lowest BCUT2D eigenvalue weighted by Crippen LogP contribution is -2.60. The summed E-state index contributed by atoms with van der Waals surface area (Å²) in [5.41, 5.74) is 0.510. The number of rotatable bonds is 12. The van der Waals surface area contributed by atoms with Crippen LogP contribution in [0.1, 0.15) is 45.4 Å². The summed E-state index contributed by atoms with van der Waals surface area (Å²) in [4.78, 5) is 13.2. The fourth-order valence-electron chi connectivity index (χ4n) is 4.57. The number of aliphatic hydroxyl groups is 4. The van der Waals surface area contributed by atoms with Crippen molar-refractivity contribution in [1.82, 2.24) is 0 Å². The Bertz CT molecular complexity index is 1270. The molecule has 0 radical (unpaired) electrons. The summed E-state index contributed by atoms with van der Waals surface area (Å²) < 4.78 is 22.4.